The number of benzene rings is 3. The molecule has 0 aliphatic carbocycles. The van der Waals surface area contributed by atoms with Gasteiger partial charge in [0.2, 0.25) is 0 Å². The normalized spacial score (nSPS) is 12.5. The van der Waals surface area contributed by atoms with Gasteiger partial charge in [0, 0.05) is 33.2 Å². The quantitative estimate of drug-likeness (QED) is 0.277. The van der Waals surface area contributed by atoms with Crippen LogP contribution in [0.3, 0.4) is 0 Å². The number of halogens is 1. The van der Waals surface area contributed by atoms with Gasteiger partial charge in [-0.3, -0.25) is 4.79 Å². The summed E-state index contributed by atoms with van der Waals surface area (Å²) in [4.78, 5) is 19.0. The molecule has 6 rings (SSSR count). The SMILES string of the molecule is Cc1cc2nc3s/c(=C\c4c(C)n(Cc5ccc(Br)cc5)c5ccccc45)c(=O)n3c2cc1C. The van der Waals surface area contributed by atoms with Crippen LogP contribution in [0.4, 0.5) is 0 Å². The van der Waals surface area contributed by atoms with Crippen molar-refractivity contribution in [3.8, 4) is 0 Å². The van der Waals surface area contributed by atoms with E-state index in [0.29, 0.717) is 4.53 Å². The van der Waals surface area contributed by atoms with Gasteiger partial charge in [-0.2, -0.15) is 0 Å². The minimum absolute atomic E-state index is 0.00473. The van der Waals surface area contributed by atoms with Crippen molar-refractivity contribution in [3.63, 3.8) is 0 Å². The van der Waals surface area contributed by atoms with Crippen molar-refractivity contribution < 1.29 is 0 Å². The zero-order valence-electron chi connectivity index (χ0n) is 19.1. The second-order valence-corrected chi connectivity index (χ2v) is 10.7. The van der Waals surface area contributed by atoms with E-state index >= 15 is 0 Å². The Balaban J connectivity index is 1.56. The molecule has 34 heavy (non-hydrogen) atoms. The van der Waals surface area contributed by atoms with Crippen molar-refractivity contribution >= 4 is 60.2 Å². The number of fused-ring (bicyclic) bond motifs is 4. The Morgan fingerprint density at radius 1 is 0.971 bits per heavy atom. The first-order valence-corrected chi connectivity index (χ1v) is 12.8. The number of aryl methyl sites for hydroxylation is 2. The fraction of sp³-hybridized carbons (Fsp3) is 0.143. The molecule has 0 N–H and O–H groups in total. The predicted octanol–water partition coefficient (Wildman–Crippen LogP) is 6.15. The Kier molecular flexibility index (Phi) is 4.97. The molecule has 0 saturated heterocycles. The van der Waals surface area contributed by atoms with Crippen molar-refractivity contribution in [1.82, 2.24) is 14.0 Å². The average molecular weight is 528 g/mol. The van der Waals surface area contributed by atoms with Crippen LogP contribution in [-0.4, -0.2) is 14.0 Å². The van der Waals surface area contributed by atoms with Crippen LogP contribution in [0.15, 0.2) is 69.9 Å². The molecule has 0 spiro atoms. The highest BCUT2D eigenvalue weighted by molar-refractivity contribution is 9.10. The lowest BCUT2D eigenvalue weighted by atomic mass is 10.1. The molecule has 0 atom stereocenters. The van der Waals surface area contributed by atoms with Crippen molar-refractivity contribution in [3.05, 3.63) is 108 Å². The van der Waals surface area contributed by atoms with Gasteiger partial charge in [0.1, 0.15) is 0 Å². The highest BCUT2D eigenvalue weighted by Crippen LogP contribution is 2.28. The highest BCUT2D eigenvalue weighted by atomic mass is 79.9. The Bertz CT molecular complexity index is 1840. The molecule has 3 heterocycles. The maximum absolute atomic E-state index is 13.5. The molecule has 3 aromatic heterocycles. The number of aromatic nitrogens is 3. The maximum atomic E-state index is 13.5. The molecule has 0 saturated carbocycles. The Labute approximate surface area is 208 Å². The third-order valence-corrected chi connectivity index (χ3v) is 8.16. The summed E-state index contributed by atoms with van der Waals surface area (Å²) in [5.74, 6) is 0. The highest BCUT2D eigenvalue weighted by Gasteiger charge is 2.16. The van der Waals surface area contributed by atoms with Crippen LogP contribution < -0.4 is 10.1 Å². The first-order chi connectivity index (χ1) is 16.4. The summed E-state index contributed by atoms with van der Waals surface area (Å²) in [6, 6.07) is 21.0. The summed E-state index contributed by atoms with van der Waals surface area (Å²) in [7, 11) is 0. The standard InChI is InChI=1S/C28H22BrN3OS/c1-16-12-23-25(13-17(16)2)32-27(33)26(34-28(32)30-23)14-22-18(3)31(24-7-5-4-6-21(22)24)15-19-8-10-20(29)11-9-19/h4-14H,15H2,1-3H3/b26-14-. The zero-order valence-corrected chi connectivity index (χ0v) is 21.5. The topological polar surface area (TPSA) is 39.3 Å². The van der Waals surface area contributed by atoms with E-state index in [2.05, 4.69) is 102 Å². The molecule has 4 nitrogen and oxygen atoms in total. The first kappa shape index (κ1) is 21.3. The Morgan fingerprint density at radius 2 is 1.71 bits per heavy atom. The molecular formula is C28H22BrN3OS. The van der Waals surface area contributed by atoms with Crippen molar-refractivity contribution in [2.24, 2.45) is 0 Å². The number of para-hydroxylation sites is 1. The third-order valence-electron chi connectivity index (χ3n) is 6.66. The van der Waals surface area contributed by atoms with Crippen LogP contribution in [0.25, 0.3) is 33.0 Å². The number of nitrogens with zero attached hydrogens (tertiary/aromatic N) is 3. The summed E-state index contributed by atoms with van der Waals surface area (Å²) >= 11 is 4.98. The van der Waals surface area contributed by atoms with E-state index in [1.165, 1.54) is 28.0 Å². The van der Waals surface area contributed by atoms with Gasteiger partial charge in [0.05, 0.1) is 15.6 Å². The van der Waals surface area contributed by atoms with Gasteiger partial charge < -0.3 is 4.57 Å². The van der Waals surface area contributed by atoms with Gasteiger partial charge in [0.25, 0.3) is 5.56 Å². The smallest absolute Gasteiger partial charge is 0.274 e. The fourth-order valence-electron chi connectivity index (χ4n) is 4.67. The second kappa shape index (κ2) is 7.93. The van der Waals surface area contributed by atoms with Gasteiger partial charge in [-0.1, -0.05) is 57.6 Å². The first-order valence-electron chi connectivity index (χ1n) is 11.2. The van der Waals surface area contributed by atoms with E-state index in [9.17, 15) is 4.79 Å². The molecule has 3 aromatic carbocycles. The summed E-state index contributed by atoms with van der Waals surface area (Å²) < 4.78 is 5.87. The lowest BCUT2D eigenvalue weighted by Gasteiger charge is -2.09. The van der Waals surface area contributed by atoms with Gasteiger partial charge in [-0.25, -0.2) is 9.38 Å². The summed E-state index contributed by atoms with van der Waals surface area (Å²) in [5, 5.41) is 1.15. The predicted molar refractivity (Wildman–Crippen MR) is 145 cm³/mol. The van der Waals surface area contributed by atoms with Gasteiger partial charge in [-0.15, -0.1) is 0 Å². The van der Waals surface area contributed by atoms with Crippen LogP contribution in [0.5, 0.6) is 0 Å². The number of rotatable bonds is 3. The van der Waals surface area contributed by atoms with Gasteiger partial charge >= 0.3 is 0 Å². The maximum Gasteiger partial charge on any atom is 0.274 e. The number of imidazole rings is 1. The number of hydrogen-bond donors (Lipinski definition) is 0. The van der Waals surface area contributed by atoms with Crippen molar-refractivity contribution in [2.45, 2.75) is 27.3 Å². The van der Waals surface area contributed by atoms with E-state index in [1.807, 2.05) is 6.08 Å². The molecule has 0 bridgehead atoms. The largest absolute Gasteiger partial charge is 0.340 e. The van der Waals surface area contributed by atoms with Crippen LogP contribution >= 0.6 is 27.3 Å². The van der Waals surface area contributed by atoms with E-state index in [-0.39, 0.29) is 5.56 Å². The minimum Gasteiger partial charge on any atom is -0.340 e. The van der Waals surface area contributed by atoms with Crippen LogP contribution in [-0.2, 0) is 6.54 Å². The summed E-state index contributed by atoms with van der Waals surface area (Å²) in [5.41, 5.74) is 8.73. The molecule has 0 amide bonds. The summed E-state index contributed by atoms with van der Waals surface area (Å²) in [6.07, 6.45) is 2.05. The van der Waals surface area contributed by atoms with E-state index in [1.54, 1.807) is 4.40 Å². The van der Waals surface area contributed by atoms with E-state index in [0.717, 1.165) is 49.2 Å². The second-order valence-electron chi connectivity index (χ2n) is 8.80. The van der Waals surface area contributed by atoms with Gasteiger partial charge in [-0.05, 0) is 73.9 Å². The van der Waals surface area contributed by atoms with Crippen LogP contribution in [0.2, 0.25) is 0 Å². The third kappa shape index (κ3) is 3.32. The molecule has 0 radical (unpaired) electrons. The Morgan fingerprint density at radius 3 is 2.50 bits per heavy atom. The molecule has 0 fully saturated rings. The summed E-state index contributed by atoms with van der Waals surface area (Å²) in [6.45, 7) is 7.05. The molecule has 168 valence electrons. The lowest BCUT2D eigenvalue weighted by molar-refractivity contribution is 0.803. The van der Waals surface area contributed by atoms with Crippen molar-refractivity contribution in [1.29, 1.82) is 0 Å². The molecule has 0 unspecified atom stereocenters. The zero-order chi connectivity index (χ0) is 23.6. The molecule has 6 heteroatoms. The molecule has 6 aromatic rings. The number of hydrogen-bond acceptors (Lipinski definition) is 3. The van der Waals surface area contributed by atoms with Crippen LogP contribution in [0, 0.1) is 20.8 Å². The molecule has 0 aliphatic rings. The van der Waals surface area contributed by atoms with E-state index in [4.69, 9.17) is 4.98 Å². The van der Waals surface area contributed by atoms with E-state index < -0.39 is 0 Å². The number of thiazole rings is 1. The van der Waals surface area contributed by atoms with Crippen molar-refractivity contribution in [2.75, 3.05) is 0 Å². The van der Waals surface area contributed by atoms with Crippen LogP contribution in [0.1, 0.15) is 27.9 Å². The minimum atomic E-state index is -0.00473. The molecular weight excluding hydrogens is 506 g/mol. The molecule has 0 aliphatic heterocycles. The lowest BCUT2D eigenvalue weighted by Crippen LogP contribution is -2.22. The Hall–Kier alpha value is -3.22. The monoisotopic (exact) mass is 527 g/mol. The average Bonchev–Trinajstić information content (AvgIpc) is 3.41. The van der Waals surface area contributed by atoms with Gasteiger partial charge in [0.15, 0.2) is 4.96 Å². The fourth-order valence-corrected chi connectivity index (χ4v) is 5.90.